The van der Waals surface area contributed by atoms with Crippen molar-refractivity contribution in [3.63, 3.8) is 0 Å². The molecule has 2 fully saturated rings. The Labute approximate surface area is 148 Å². The van der Waals surface area contributed by atoms with Crippen LogP contribution in [0.1, 0.15) is 48.7 Å². The van der Waals surface area contributed by atoms with Gasteiger partial charge in [0.05, 0.1) is 11.3 Å². The predicted molar refractivity (Wildman–Crippen MR) is 92.2 cm³/mol. The van der Waals surface area contributed by atoms with Gasteiger partial charge in [-0.3, -0.25) is 14.5 Å². The Balaban J connectivity index is 1.66. The maximum Gasteiger partial charge on any atom is 0.320 e. The van der Waals surface area contributed by atoms with Gasteiger partial charge in [0, 0.05) is 25.8 Å². The van der Waals surface area contributed by atoms with Gasteiger partial charge in [0.2, 0.25) is 0 Å². The number of hydrogen-bond acceptors (Lipinski definition) is 5. The van der Waals surface area contributed by atoms with Crippen molar-refractivity contribution in [3.05, 3.63) is 23.8 Å². The largest absolute Gasteiger partial charge is 0.480 e. The van der Waals surface area contributed by atoms with Crippen LogP contribution in [-0.4, -0.2) is 69.0 Å². The molecule has 3 rings (SSSR count). The van der Waals surface area contributed by atoms with E-state index in [4.69, 9.17) is 0 Å². The van der Waals surface area contributed by atoms with E-state index in [1.165, 1.54) is 6.33 Å². The molecular weight excluding hydrogens is 320 g/mol. The quantitative estimate of drug-likeness (QED) is 0.891. The number of aromatic nitrogens is 2. The van der Waals surface area contributed by atoms with Crippen molar-refractivity contribution in [2.45, 2.75) is 45.6 Å². The van der Waals surface area contributed by atoms with Gasteiger partial charge in [-0.25, -0.2) is 9.97 Å². The molecule has 7 nitrogen and oxygen atoms in total. The van der Waals surface area contributed by atoms with Gasteiger partial charge in [-0.1, -0.05) is 6.92 Å². The average molecular weight is 346 g/mol. The lowest BCUT2D eigenvalue weighted by molar-refractivity contribution is -0.142. The maximum absolute atomic E-state index is 12.7. The number of aliphatic carboxylic acids is 1. The maximum atomic E-state index is 12.7. The third kappa shape index (κ3) is 3.51. The zero-order valence-electron chi connectivity index (χ0n) is 14.9. The van der Waals surface area contributed by atoms with Gasteiger partial charge in [0.25, 0.3) is 5.91 Å². The van der Waals surface area contributed by atoms with E-state index in [0.29, 0.717) is 30.8 Å². The van der Waals surface area contributed by atoms with E-state index in [1.807, 2.05) is 11.8 Å². The number of piperidine rings is 1. The van der Waals surface area contributed by atoms with E-state index < -0.39 is 5.97 Å². The number of aryl methyl sites for hydroxylation is 1. The molecule has 2 aliphatic rings. The molecule has 3 heterocycles. The molecule has 1 N–H and O–H groups in total. The standard InChI is InChI=1S/C18H26N4O3/c1-3-6-22-11-18(9-15(22)17(24)25)4-7-21(8-5-18)16(23)14-10-19-12-20-13(14)2/h10,12,15H,3-9,11H2,1-2H3,(H,24,25). The monoisotopic (exact) mass is 346 g/mol. The number of carbonyl (C=O) groups is 2. The highest BCUT2D eigenvalue weighted by Gasteiger charge is 2.48. The molecule has 1 unspecified atom stereocenters. The lowest BCUT2D eigenvalue weighted by atomic mass is 9.76. The second kappa shape index (κ2) is 7.07. The van der Waals surface area contributed by atoms with Crippen LogP contribution >= 0.6 is 0 Å². The summed E-state index contributed by atoms with van der Waals surface area (Å²) in [6.45, 7) is 6.88. The minimum absolute atomic E-state index is 0.0221. The van der Waals surface area contributed by atoms with E-state index >= 15 is 0 Å². The number of carbonyl (C=O) groups excluding carboxylic acids is 1. The number of likely N-dealkylation sites (tertiary alicyclic amines) is 2. The van der Waals surface area contributed by atoms with E-state index in [1.54, 1.807) is 6.20 Å². The Hall–Kier alpha value is -2.02. The Bertz CT molecular complexity index is 655. The van der Waals surface area contributed by atoms with Crippen LogP contribution in [0.25, 0.3) is 0 Å². The average Bonchev–Trinajstić information content (AvgIpc) is 2.94. The molecule has 136 valence electrons. The zero-order valence-corrected chi connectivity index (χ0v) is 14.9. The molecule has 0 radical (unpaired) electrons. The Morgan fingerprint density at radius 2 is 2.08 bits per heavy atom. The lowest BCUT2D eigenvalue weighted by Crippen LogP contribution is -2.44. The Morgan fingerprint density at radius 3 is 2.68 bits per heavy atom. The minimum Gasteiger partial charge on any atom is -0.480 e. The summed E-state index contributed by atoms with van der Waals surface area (Å²) in [4.78, 5) is 36.3. The number of carboxylic acids is 1. The molecule has 1 aromatic rings. The van der Waals surface area contributed by atoms with Gasteiger partial charge in [-0.15, -0.1) is 0 Å². The topological polar surface area (TPSA) is 86.6 Å². The molecule has 0 saturated carbocycles. The van der Waals surface area contributed by atoms with Crippen LogP contribution in [0.5, 0.6) is 0 Å². The third-order valence-electron chi connectivity index (χ3n) is 5.65. The molecule has 1 spiro atoms. The van der Waals surface area contributed by atoms with Gasteiger partial charge in [-0.2, -0.15) is 0 Å². The van der Waals surface area contributed by atoms with Crippen LogP contribution in [0.15, 0.2) is 12.5 Å². The van der Waals surface area contributed by atoms with Crippen LogP contribution in [-0.2, 0) is 4.79 Å². The molecular formula is C18H26N4O3. The van der Waals surface area contributed by atoms with Crippen molar-refractivity contribution in [1.29, 1.82) is 0 Å². The molecule has 1 aromatic heterocycles. The molecule has 2 aliphatic heterocycles. The smallest absolute Gasteiger partial charge is 0.320 e. The molecule has 0 aromatic carbocycles. The number of rotatable bonds is 4. The number of amides is 1. The number of nitrogens with zero attached hydrogens (tertiary/aromatic N) is 4. The highest BCUT2D eigenvalue weighted by Crippen LogP contribution is 2.43. The minimum atomic E-state index is -0.721. The van der Waals surface area contributed by atoms with E-state index in [9.17, 15) is 14.7 Å². The fourth-order valence-electron chi connectivity index (χ4n) is 4.23. The second-order valence-corrected chi connectivity index (χ2v) is 7.34. The van der Waals surface area contributed by atoms with Crippen LogP contribution in [0.4, 0.5) is 0 Å². The fourth-order valence-corrected chi connectivity index (χ4v) is 4.23. The Kier molecular flexibility index (Phi) is 5.03. The van der Waals surface area contributed by atoms with E-state index in [2.05, 4.69) is 21.8 Å². The Morgan fingerprint density at radius 1 is 1.36 bits per heavy atom. The molecule has 1 atom stereocenters. The van der Waals surface area contributed by atoms with Crippen molar-refractivity contribution in [1.82, 2.24) is 19.8 Å². The van der Waals surface area contributed by atoms with Gasteiger partial charge < -0.3 is 10.0 Å². The summed E-state index contributed by atoms with van der Waals surface area (Å²) >= 11 is 0. The SMILES string of the molecule is CCCN1CC2(CCN(C(=O)c3cncnc3C)CC2)CC1C(=O)O. The fraction of sp³-hybridized carbons (Fsp3) is 0.667. The number of hydrogen-bond donors (Lipinski definition) is 1. The molecule has 2 saturated heterocycles. The molecule has 1 amide bonds. The first-order valence-corrected chi connectivity index (χ1v) is 8.98. The molecule has 0 aliphatic carbocycles. The van der Waals surface area contributed by atoms with Gasteiger partial charge in [0.15, 0.2) is 0 Å². The molecule has 0 bridgehead atoms. The normalized spacial score (nSPS) is 23.1. The van der Waals surface area contributed by atoms with Crippen molar-refractivity contribution >= 4 is 11.9 Å². The summed E-state index contributed by atoms with van der Waals surface area (Å²) in [5.74, 6) is -0.743. The van der Waals surface area contributed by atoms with Crippen LogP contribution < -0.4 is 0 Å². The predicted octanol–water partition coefficient (Wildman–Crippen LogP) is 1.58. The van der Waals surface area contributed by atoms with Crippen LogP contribution in [0.3, 0.4) is 0 Å². The molecule has 7 heteroatoms. The first kappa shape index (κ1) is 17.8. The zero-order chi connectivity index (χ0) is 18.0. The van der Waals surface area contributed by atoms with Gasteiger partial charge >= 0.3 is 5.97 Å². The third-order valence-corrected chi connectivity index (χ3v) is 5.65. The summed E-state index contributed by atoms with van der Waals surface area (Å²) in [6, 6.07) is -0.382. The van der Waals surface area contributed by atoms with Gasteiger partial charge in [0.1, 0.15) is 12.4 Å². The summed E-state index contributed by atoms with van der Waals surface area (Å²) in [5.41, 5.74) is 1.28. The highest BCUT2D eigenvalue weighted by atomic mass is 16.4. The van der Waals surface area contributed by atoms with Crippen LogP contribution in [0.2, 0.25) is 0 Å². The summed E-state index contributed by atoms with van der Waals surface area (Å²) in [7, 11) is 0. The van der Waals surface area contributed by atoms with Gasteiger partial charge in [-0.05, 0) is 44.6 Å². The molecule has 25 heavy (non-hydrogen) atoms. The van der Waals surface area contributed by atoms with Crippen molar-refractivity contribution in [2.24, 2.45) is 5.41 Å². The first-order valence-electron chi connectivity index (χ1n) is 8.98. The second-order valence-electron chi connectivity index (χ2n) is 7.34. The highest BCUT2D eigenvalue weighted by molar-refractivity contribution is 5.94. The van der Waals surface area contributed by atoms with Crippen molar-refractivity contribution < 1.29 is 14.7 Å². The lowest BCUT2D eigenvalue weighted by Gasteiger charge is -2.39. The summed E-state index contributed by atoms with van der Waals surface area (Å²) in [5, 5.41) is 9.52. The number of carboxylic acid groups (broad SMARTS) is 1. The summed E-state index contributed by atoms with van der Waals surface area (Å²) in [6.07, 6.45) is 6.39. The van der Waals surface area contributed by atoms with Crippen LogP contribution in [0, 0.1) is 12.3 Å². The van der Waals surface area contributed by atoms with Crippen molar-refractivity contribution in [3.8, 4) is 0 Å². The summed E-state index contributed by atoms with van der Waals surface area (Å²) < 4.78 is 0. The van der Waals surface area contributed by atoms with E-state index in [0.717, 1.165) is 32.4 Å². The van der Waals surface area contributed by atoms with E-state index in [-0.39, 0.29) is 17.4 Å². The first-order chi connectivity index (χ1) is 12.0. The van der Waals surface area contributed by atoms with Crippen molar-refractivity contribution in [2.75, 3.05) is 26.2 Å².